The van der Waals surface area contributed by atoms with Gasteiger partial charge in [0.2, 0.25) is 0 Å². The first-order valence-electron chi connectivity index (χ1n) is 8.98. The molecule has 0 spiro atoms. The van der Waals surface area contributed by atoms with Crippen LogP contribution in [0.2, 0.25) is 0 Å². The summed E-state index contributed by atoms with van der Waals surface area (Å²) in [7, 11) is 0. The third-order valence-electron chi connectivity index (χ3n) is 5.33. The average molecular weight is 367 g/mol. The Morgan fingerprint density at radius 1 is 1.37 bits per heavy atom. The number of aromatic nitrogens is 2. The molecule has 1 fully saturated rings. The number of nitrogens with two attached hydrogens (primary N) is 2. The average Bonchev–Trinajstić information content (AvgIpc) is 3.18. The molecule has 0 unspecified atom stereocenters. The second kappa shape index (κ2) is 6.26. The number of hydrogen-bond acceptors (Lipinski definition) is 4. The molecule has 1 saturated carbocycles. The highest BCUT2D eigenvalue weighted by Gasteiger charge is 2.39. The lowest BCUT2D eigenvalue weighted by Gasteiger charge is -2.26. The molecule has 3 aromatic rings. The molecule has 2 atom stereocenters. The van der Waals surface area contributed by atoms with Gasteiger partial charge in [-0.3, -0.25) is 4.79 Å². The molecule has 0 aliphatic heterocycles. The molecule has 5 N–H and O–H groups in total. The minimum Gasteiger partial charge on any atom is -0.399 e. The van der Waals surface area contributed by atoms with Gasteiger partial charge < -0.3 is 16.8 Å². The maximum Gasteiger partial charge on any atom is 0.252 e. The number of nitrogens with zero attached hydrogens (tertiary/aromatic N) is 2. The van der Waals surface area contributed by atoms with Crippen molar-refractivity contribution in [3.05, 3.63) is 48.3 Å². The summed E-state index contributed by atoms with van der Waals surface area (Å²) in [5.74, 6) is -0.599. The summed E-state index contributed by atoms with van der Waals surface area (Å²) in [5.41, 5.74) is 14.0. The topological polar surface area (TPSA) is 98.4 Å². The van der Waals surface area contributed by atoms with E-state index in [0.717, 1.165) is 17.5 Å². The van der Waals surface area contributed by atoms with Crippen LogP contribution in [0.4, 0.5) is 15.8 Å². The molecule has 0 saturated heterocycles. The van der Waals surface area contributed by atoms with Gasteiger partial charge in [-0.15, -0.1) is 0 Å². The van der Waals surface area contributed by atoms with Crippen molar-refractivity contribution in [3.63, 3.8) is 0 Å². The van der Waals surface area contributed by atoms with Crippen LogP contribution < -0.4 is 16.8 Å². The Balaban J connectivity index is 1.84. The van der Waals surface area contributed by atoms with Crippen molar-refractivity contribution in [2.75, 3.05) is 11.1 Å². The van der Waals surface area contributed by atoms with E-state index in [1.807, 2.05) is 36.5 Å². The monoisotopic (exact) mass is 367 g/mol. The van der Waals surface area contributed by atoms with Crippen molar-refractivity contribution in [2.24, 2.45) is 5.73 Å². The van der Waals surface area contributed by atoms with Gasteiger partial charge in [-0.05, 0) is 49.9 Å². The first-order chi connectivity index (χ1) is 12.8. The van der Waals surface area contributed by atoms with Crippen LogP contribution in [-0.2, 0) is 0 Å². The molecule has 6 nitrogen and oxygen atoms in total. The first-order valence-corrected chi connectivity index (χ1v) is 8.98. The number of anilines is 2. The van der Waals surface area contributed by atoms with Crippen LogP contribution >= 0.6 is 0 Å². The highest BCUT2D eigenvalue weighted by atomic mass is 19.1. The molecule has 27 heavy (non-hydrogen) atoms. The number of rotatable bonds is 4. The molecular weight excluding hydrogens is 345 g/mol. The van der Waals surface area contributed by atoms with E-state index in [4.69, 9.17) is 11.5 Å². The van der Waals surface area contributed by atoms with E-state index < -0.39 is 11.6 Å². The first kappa shape index (κ1) is 17.3. The van der Waals surface area contributed by atoms with E-state index in [-0.39, 0.29) is 11.6 Å². The molecule has 0 bridgehead atoms. The zero-order valence-corrected chi connectivity index (χ0v) is 15.1. The summed E-state index contributed by atoms with van der Waals surface area (Å²) < 4.78 is 16.5. The van der Waals surface area contributed by atoms with Crippen molar-refractivity contribution in [3.8, 4) is 11.1 Å². The normalized spacial score (nSPS) is 22.2. The van der Waals surface area contributed by atoms with Gasteiger partial charge >= 0.3 is 0 Å². The molecule has 4 rings (SSSR count). The van der Waals surface area contributed by atoms with E-state index in [1.165, 1.54) is 6.20 Å². The number of carbonyl (C=O) groups is 1. The Morgan fingerprint density at radius 2 is 2.19 bits per heavy atom. The summed E-state index contributed by atoms with van der Waals surface area (Å²) in [5, 5.41) is 7.53. The molecular formula is C20H22FN5O. The number of fused-ring (bicyclic) bond motifs is 1. The number of nitrogen functional groups attached to an aromatic ring is 1. The molecule has 1 aromatic carbocycles. The molecule has 140 valence electrons. The summed E-state index contributed by atoms with van der Waals surface area (Å²) in [6, 6.07) is 9.03. The highest BCUT2D eigenvalue weighted by molar-refractivity contribution is 6.02. The van der Waals surface area contributed by atoms with Crippen LogP contribution in [0.3, 0.4) is 0 Å². The third kappa shape index (κ3) is 3.09. The number of nitrogens with one attached hydrogen (secondary N) is 1. The van der Waals surface area contributed by atoms with Crippen LogP contribution in [0.15, 0.2) is 42.7 Å². The molecule has 1 aliphatic carbocycles. The summed E-state index contributed by atoms with van der Waals surface area (Å²) in [4.78, 5) is 11.9. The number of primary amides is 1. The molecule has 2 heterocycles. The van der Waals surface area contributed by atoms with Crippen LogP contribution in [-0.4, -0.2) is 27.2 Å². The third-order valence-corrected chi connectivity index (χ3v) is 5.33. The fourth-order valence-electron chi connectivity index (χ4n) is 3.80. The number of halogens is 1. The van der Waals surface area contributed by atoms with Crippen molar-refractivity contribution in [1.82, 2.24) is 9.61 Å². The predicted molar refractivity (Wildman–Crippen MR) is 104 cm³/mol. The number of carbonyl (C=O) groups excluding carboxylic acids is 1. The Morgan fingerprint density at radius 3 is 2.85 bits per heavy atom. The Labute approximate surface area is 156 Å². The maximum absolute atomic E-state index is 14.8. The van der Waals surface area contributed by atoms with Gasteiger partial charge in [-0.2, -0.15) is 5.10 Å². The van der Waals surface area contributed by atoms with E-state index in [1.54, 1.807) is 11.4 Å². The van der Waals surface area contributed by atoms with Gasteiger partial charge in [0.1, 0.15) is 5.67 Å². The lowest BCUT2D eigenvalue weighted by atomic mass is 10.0. The van der Waals surface area contributed by atoms with Crippen LogP contribution in [0, 0.1) is 0 Å². The molecule has 1 amide bonds. The lowest BCUT2D eigenvalue weighted by Crippen LogP contribution is -2.36. The van der Waals surface area contributed by atoms with Crippen LogP contribution in [0.1, 0.15) is 36.5 Å². The number of alkyl halides is 1. The van der Waals surface area contributed by atoms with Crippen molar-refractivity contribution in [2.45, 2.75) is 37.9 Å². The van der Waals surface area contributed by atoms with Crippen LogP contribution in [0.25, 0.3) is 16.6 Å². The minimum atomic E-state index is -1.33. The number of amides is 1. The SMILES string of the molecule is C[C@]1(F)CCC[C@H]1Nc1c(C(N)=O)cnn2cc(-c3cccc(N)c3)cc12. The van der Waals surface area contributed by atoms with Crippen LogP contribution in [0.5, 0.6) is 0 Å². The Hall–Kier alpha value is -3.09. The highest BCUT2D eigenvalue weighted by Crippen LogP contribution is 2.37. The quantitative estimate of drug-likeness (QED) is 0.616. The zero-order valence-electron chi connectivity index (χ0n) is 15.1. The second-order valence-corrected chi connectivity index (χ2v) is 7.35. The van der Waals surface area contributed by atoms with Crippen molar-refractivity contribution in [1.29, 1.82) is 0 Å². The molecule has 1 aliphatic rings. The Kier molecular flexibility index (Phi) is 4.02. The van der Waals surface area contributed by atoms with Gasteiger partial charge in [0.05, 0.1) is 29.0 Å². The number of hydrogen-bond donors (Lipinski definition) is 3. The largest absolute Gasteiger partial charge is 0.399 e. The van der Waals surface area contributed by atoms with Crippen molar-refractivity contribution >= 4 is 22.8 Å². The summed E-state index contributed by atoms with van der Waals surface area (Å²) >= 11 is 0. The standard InChI is InChI=1S/C20H22FN5O/c1-20(21)7-3-6-17(20)25-18-15(19(23)27)10-24-26-11-13(9-16(18)26)12-4-2-5-14(22)8-12/h2,4-5,8-11,17,25H,3,6-7,22H2,1H3,(H2,23,27)/t17-,20+/m1/s1. The summed E-state index contributed by atoms with van der Waals surface area (Å²) in [6.07, 6.45) is 5.26. The fraction of sp³-hybridized carbons (Fsp3) is 0.300. The predicted octanol–water partition coefficient (Wildman–Crippen LogP) is 3.38. The molecule has 7 heteroatoms. The zero-order chi connectivity index (χ0) is 19.2. The van der Waals surface area contributed by atoms with E-state index >= 15 is 0 Å². The van der Waals surface area contributed by atoms with Crippen molar-refractivity contribution < 1.29 is 9.18 Å². The smallest absolute Gasteiger partial charge is 0.252 e. The van der Waals surface area contributed by atoms with Gasteiger partial charge in [0.25, 0.3) is 5.91 Å². The maximum atomic E-state index is 14.8. The summed E-state index contributed by atoms with van der Waals surface area (Å²) in [6.45, 7) is 1.59. The van der Waals surface area contributed by atoms with E-state index in [0.29, 0.717) is 29.7 Å². The van der Waals surface area contributed by atoms with Gasteiger partial charge in [-0.1, -0.05) is 12.1 Å². The minimum absolute atomic E-state index is 0.252. The number of benzene rings is 1. The second-order valence-electron chi connectivity index (χ2n) is 7.35. The lowest BCUT2D eigenvalue weighted by molar-refractivity contribution is 0.1000. The Bertz CT molecular complexity index is 1030. The molecule has 2 aromatic heterocycles. The van der Waals surface area contributed by atoms with Gasteiger partial charge in [0, 0.05) is 17.4 Å². The molecule has 0 radical (unpaired) electrons. The van der Waals surface area contributed by atoms with E-state index in [2.05, 4.69) is 10.4 Å². The fourth-order valence-corrected chi connectivity index (χ4v) is 3.80. The van der Waals surface area contributed by atoms with E-state index in [9.17, 15) is 9.18 Å². The van der Waals surface area contributed by atoms with Gasteiger partial charge in [-0.25, -0.2) is 8.91 Å². The van der Waals surface area contributed by atoms with Gasteiger partial charge in [0.15, 0.2) is 0 Å².